The molecular formula is C12H14O4. The minimum atomic E-state index is -1.27. The molecule has 0 fully saturated rings. The molecule has 2 N–H and O–H groups in total. The molecule has 0 aliphatic rings. The van der Waals surface area contributed by atoms with E-state index in [1.807, 2.05) is 0 Å². The lowest BCUT2D eigenvalue weighted by atomic mass is 10.1. The Hall–Kier alpha value is -2.10. The fourth-order valence-corrected chi connectivity index (χ4v) is 0.937. The highest BCUT2D eigenvalue weighted by Gasteiger charge is 2.17. The predicted octanol–water partition coefficient (Wildman–Crippen LogP) is 2.16. The van der Waals surface area contributed by atoms with Gasteiger partial charge in [0.1, 0.15) is 0 Å². The summed E-state index contributed by atoms with van der Waals surface area (Å²) in [5.74, 6) is -2.53. The van der Waals surface area contributed by atoms with Crippen molar-refractivity contribution in [3.63, 3.8) is 0 Å². The number of carboxylic acids is 2. The average molecular weight is 222 g/mol. The van der Waals surface area contributed by atoms with E-state index in [4.69, 9.17) is 10.2 Å². The van der Waals surface area contributed by atoms with Gasteiger partial charge in [0.2, 0.25) is 0 Å². The molecule has 0 spiro atoms. The van der Waals surface area contributed by atoms with Crippen molar-refractivity contribution in [2.24, 2.45) is 0 Å². The molecule has 0 radical (unpaired) electrons. The highest BCUT2D eigenvalue weighted by Crippen LogP contribution is 2.11. The van der Waals surface area contributed by atoms with Gasteiger partial charge in [-0.25, -0.2) is 9.59 Å². The molecule has 0 bridgehead atoms. The van der Waals surface area contributed by atoms with Crippen LogP contribution in [0.2, 0.25) is 0 Å². The normalized spacial score (nSPS) is 13.6. The van der Waals surface area contributed by atoms with Crippen molar-refractivity contribution in [1.82, 2.24) is 0 Å². The van der Waals surface area contributed by atoms with Gasteiger partial charge >= 0.3 is 11.9 Å². The Bertz CT molecular complexity index is 346. The zero-order valence-corrected chi connectivity index (χ0v) is 9.18. The van der Waals surface area contributed by atoms with Gasteiger partial charge in [-0.15, -0.1) is 0 Å². The summed E-state index contributed by atoms with van der Waals surface area (Å²) in [4.78, 5) is 21.8. The molecule has 0 aliphatic heterocycles. The lowest BCUT2D eigenvalue weighted by Gasteiger charge is -2.01. The minimum Gasteiger partial charge on any atom is -0.478 e. The molecular weight excluding hydrogens is 208 g/mol. The van der Waals surface area contributed by atoms with Crippen molar-refractivity contribution >= 4 is 11.9 Å². The first-order chi connectivity index (χ1) is 7.54. The van der Waals surface area contributed by atoms with Crippen LogP contribution in [-0.2, 0) is 9.59 Å². The summed E-state index contributed by atoms with van der Waals surface area (Å²) in [6.07, 6.45) is 8.72. The van der Waals surface area contributed by atoms with Crippen LogP contribution in [0.15, 0.2) is 47.6 Å². The number of carbonyl (C=O) groups is 2. The van der Waals surface area contributed by atoms with Crippen LogP contribution in [0, 0.1) is 0 Å². The Kier molecular flexibility index (Phi) is 6.28. The van der Waals surface area contributed by atoms with Crippen molar-refractivity contribution < 1.29 is 19.8 Å². The van der Waals surface area contributed by atoms with Crippen LogP contribution in [0.1, 0.15) is 13.8 Å². The van der Waals surface area contributed by atoms with Crippen molar-refractivity contribution in [1.29, 1.82) is 0 Å². The first kappa shape index (κ1) is 13.9. The Morgan fingerprint density at radius 3 is 1.31 bits per heavy atom. The Morgan fingerprint density at radius 2 is 1.12 bits per heavy atom. The maximum Gasteiger partial charge on any atom is 0.336 e. The molecule has 4 heteroatoms. The number of rotatable bonds is 5. The zero-order valence-electron chi connectivity index (χ0n) is 9.18. The van der Waals surface area contributed by atoms with Gasteiger partial charge < -0.3 is 10.2 Å². The summed E-state index contributed by atoms with van der Waals surface area (Å²) in [5.41, 5.74) is -0.493. The largest absolute Gasteiger partial charge is 0.478 e. The fourth-order valence-electron chi connectivity index (χ4n) is 0.937. The fraction of sp³-hybridized carbons (Fsp3) is 0.167. The molecule has 0 saturated heterocycles. The number of aliphatic carboxylic acids is 2. The summed E-state index contributed by atoms with van der Waals surface area (Å²) in [6.45, 7) is 3.43. The SMILES string of the molecule is C/C=C/C=C(C(=O)O)/C(=C\C=C\C)C(=O)O. The summed E-state index contributed by atoms with van der Waals surface area (Å²) < 4.78 is 0. The van der Waals surface area contributed by atoms with Crippen LogP contribution in [0.3, 0.4) is 0 Å². The van der Waals surface area contributed by atoms with E-state index in [2.05, 4.69) is 0 Å². The number of allylic oxidation sites excluding steroid dienone is 6. The molecule has 0 heterocycles. The molecule has 16 heavy (non-hydrogen) atoms. The van der Waals surface area contributed by atoms with E-state index in [-0.39, 0.29) is 11.1 Å². The van der Waals surface area contributed by atoms with E-state index < -0.39 is 11.9 Å². The molecule has 0 rings (SSSR count). The summed E-state index contributed by atoms with van der Waals surface area (Å²) in [6, 6.07) is 0. The van der Waals surface area contributed by atoms with Crippen LogP contribution in [0.25, 0.3) is 0 Å². The van der Waals surface area contributed by atoms with Crippen molar-refractivity contribution in [3.8, 4) is 0 Å². The molecule has 0 aromatic rings. The van der Waals surface area contributed by atoms with Crippen LogP contribution in [-0.4, -0.2) is 22.2 Å². The Balaban J connectivity index is 5.45. The van der Waals surface area contributed by atoms with Gasteiger partial charge in [-0.1, -0.05) is 24.3 Å². The maximum atomic E-state index is 10.9. The zero-order chi connectivity index (χ0) is 12.6. The number of hydrogen-bond donors (Lipinski definition) is 2. The Morgan fingerprint density at radius 1 is 0.812 bits per heavy atom. The number of hydrogen-bond acceptors (Lipinski definition) is 2. The molecule has 4 nitrogen and oxygen atoms in total. The van der Waals surface area contributed by atoms with E-state index in [9.17, 15) is 9.59 Å². The Labute approximate surface area is 93.9 Å². The van der Waals surface area contributed by atoms with Gasteiger partial charge in [-0.2, -0.15) is 0 Å². The molecule has 0 unspecified atom stereocenters. The molecule has 0 aromatic carbocycles. The summed E-state index contributed by atoms with van der Waals surface area (Å²) >= 11 is 0. The van der Waals surface area contributed by atoms with Gasteiger partial charge in [-0.05, 0) is 26.0 Å². The summed E-state index contributed by atoms with van der Waals surface area (Å²) in [7, 11) is 0. The van der Waals surface area contributed by atoms with Crippen LogP contribution in [0.5, 0.6) is 0 Å². The highest BCUT2D eigenvalue weighted by atomic mass is 16.4. The van der Waals surface area contributed by atoms with Crippen molar-refractivity contribution in [2.75, 3.05) is 0 Å². The maximum absolute atomic E-state index is 10.9. The molecule has 86 valence electrons. The molecule has 0 saturated carbocycles. The topological polar surface area (TPSA) is 74.6 Å². The predicted molar refractivity (Wildman–Crippen MR) is 61.1 cm³/mol. The number of carboxylic acid groups (broad SMARTS) is 2. The third kappa shape index (κ3) is 4.41. The van der Waals surface area contributed by atoms with Gasteiger partial charge in [0.25, 0.3) is 0 Å². The first-order valence-corrected chi connectivity index (χ1v) is 4.67. The standard InChI is InChI=1S/C12H14O4/c1-3-5-7-9(11(13)14)10(12(15)16)8-6-4-2/h3-8H,1-2H3,(H,13,14)(H,15,16)/b5-3+,6-4+,9-7-,10-8+. The van der Waals surface area contributed by atoms with Crippen molar-refractivity contribution in [2.45, 2.75) is 13.8 Å². The molecule has 0 atom stereocenters. The van der Waals surface area contributed by atoms with E-state index >= 15 is 0 Å². The second-order valence-electron chi connectivity index (χ2n) is 2.82. The van der Waals surface area contributed by atoms with E-state index in [1.165, 1.54) is 24.3 Å². The van der Waals surface area contributed by atoms with E-state index in [1.54, 1.807) is 26.0 Å². The van der Waals surface area contributed by atoms with E-state index in [0.717, 1.165) is 0 Å². The lowest BCUT2D eigenvalue weighted by molar-refractivity contribution is -0.136. The van der Waals surface area contributed by atoms with Gasteiger partial charge in [0, 0.05) is 0 Å². The van der Waals surface area contributed by atoms with Crippen LogP contribution < -0.4 is 0 Å². The van der Waals surface area contributed by atoms with Gasteiger partial charge in [-0.3, -0.25) is 0 Å². The second-order valence-corrected chi connectivity index (χ2v) is 2.82. The van der Waals surface area contributed by atoms with E-state index in [0.29, 0.717) is 0 Å². The lowest BCUT2D eigenvalue weighted by Crippen LogP contribution is -2.11. The van der Waals surface area contributed by atoms with Crippen LogP contribution >= 0.6 is 0 Å². The quantitative estimate of drug-likeness (QED) is 0.552. The van der Waals surface area contributed by atoms with Gasteiger partial charge in [0.15, 0.2) is 0 Å². The van der Waals surface area contributed by atoms with Gasteiger partial charge in [0.05, 0.1) is 11.1 Å². The van der Waals surface area contributed by atoms with Crippen LogP contribution in [0.4, 0.5) is 0 Å². The molecule has 0 amide bonds. The average Bonchev–Trinajstić information content (AvgIpc) is 2.21. The first-order valence-electron chi connectivity index (χ1n) is 4.67. The molecule has 0 aromatic heterocycles. The monoisotopic (exact) mass is 222 g/mol. The molecule has 0 aliphatic carbocycles. The third-order valence-corrected chi connectivity index (χ3v) is 1.66. The smallest absolute Gasteiger partial charge is 0.336 e. The second kappa shape index (κ2) is 7.23. The highest BCUT2D eigenvalue weighted by molar-refractivity contribution is 6.05. The minimum absolute atomic E-state index is 0.247. The summed E-state index contributed by atoms with van der Waals surface area (Å²) in [5, 5.41) is 17.8. The van der Waals surface area contributed by atoms with Crippen molar-refractivity contribution in [3.05, 3.63) is 47.6 Å². The third-order valence-electron chi connectivity index (χ3n) is 1.66.